The van der Waals surface area contributed by atoms with Gasteiger partial charge in [-0.25, -0.2) is 23.7 Å². The molecule has 0 radical (unpaired) electrons. The molecular weight excluding hydrogens is 448 g/mol. The zero-order chi connectivity index (χ0) is 23.8. The molecule has 3 heterocycles. The van der Waals surface area contributed by atoms with Crippen molar-refractivity contribution < 1.29 is 13.5 Å². The maximum absolute atomic E-state index is 15.0. The maximum Gasteiger partial charge on any atom is 0.164 e. The van der Waals surface area contributed by atoms with Crippen molar-refractivity contribution in [1.29, 1.82) is 5.26 Å². The molecule has 11 heteroatoms. The van der Waals surface area contributed by atoms with Gasteiger partial charge in [-0.3, -0.25) is 4.99 Å². The summed E-state index contributed by atoms with van der Waals surface area (Å²) in [5.74, 6) is -1.73. The number of hydrogen-bond donors (Lipinski definition) is 2. The van der Waals surface area contributed by atoms with Crippen LogP contribution in [0.1, 0.15) is 31.4 Å². The highest BCUT2D eigenvalue weighted by Gasteiger charge is 2.44. The number of ether oxygens (including phenoxy) is 1. The Labute approximate surface area is 193 Å². The van der Waals surface area contributed by atoms with Gasteiger partial charge < -0.3 is 15.8 Å². The summed E-state index contributed by atoms with van der Waals surface area (Å²) in [4.78, 5) is 17.0. The van der Waals surface area contributed by atoms with E-state index in [2.05, 4.69) is 25.3 Å². The van der Waals surface area contributed by atoms with Gasteiger partial charge in [-0.1, -0.05) is 11.8 Å². The summed E-state index contributed by atoms with van der Waals surface area (Å²) in [7, 11) is 1.58. The first-order valence-corrected chi connectivity index (χ1v) is 10.8. The summed E-state index contributed by atoms with van der Waals surface area (Å²) < 4.78 is 34.6. The highest BCUT2D eigenvalue weighted by Crippen LogP contribution is 2.46. The molecule has 2 atom stereocenters. The number of nitriles is 1. The molecule has 0 bridgehead atoms. The van der Waals surface area contributed by atoms with Gasteiger partial charge in [-0.2, -0.15) is 5.26 Å². The summed E-state index contributed by atoms with van der Waals surface area (Å²) in [6.07, 6.45) is 3.07. The lowest BCUT2D eigenvalue weighted by Crippen LogP contribution is -2.43. The molecule has 1 aliphatic heterocycles. The Bertz CT molecular complexity index is 1310. The molecule has 0 unspecified atom stereocenters. The SMILES string of the molecule is COC[C@@]1(C)C[C@@](C)(c2cc(Nc3ncnc4cc(C#N)cnc34)cc(F)c2F)N=C(N)S1. The average Bonchev–Trinajstić information content (AvgIpc) is 2.74. The summed E-state index contributed by atoms with van der Waals surface area (Å²) in [5.41, 5.74) is 6.46. The molecule has 0 amide bonds. The highest BCUT2D eigenvalue weighted by atomic mass is 32.2. The Balaban J connectivity index is 1.77. The number of halogens is 2. The standard InChI is InChI=1S/C22H21F2N7OS/c1-21(10-32-3)9-22(2,31-20(26)33-21)14-5-13(6-15(23)17(14)24)30-19-18-16(28-11-29-19)4-12(7-25)8-27-18/h4-6,8,11H,9-10H2,1-3H3,(H2,26,31)(H,28,29,30)/t21-,22+/m1/s1. The third-order valence-corrected chi connectivity index (χ3v) is 6.41. The van der Waals surface area contributed by atoms with Crippen LogP contribution in [0.5, 0.6) is 0 Å². The fraction of sp³-hybridized carbons (Fsp3) is 0.318. The first kappa shape index (κ1) is 22.8. The largest absolute Gasteiger partial charge is 0.383 e. The molecule has 3 aromatic rings. The Hall–Kier alpha value is -3.36. The van der Waals surface area contributed by atoms with Crippen LogP contribution in [0.3, 0.4) is 0 Å². The van der Waals surface area contributed by atoms with Crippen molar-refractivity contribution in [1.82, 2.24) is 15.0 Å². The minimum atomic E-state index is -1.11. The summed E-state index contributed by atoms with van der Waals surface area (Å²) in [6.45, 7) is 4.04. The highest BCUT2D eigenvalue weighted by molar-refractivity contribution is 8.15. The molecule has 33 heavy (non-hydrogen) atoms. The summed E-state index contributed by atoms with van der Waals surface area (Å²) >= 11 is 1.35. The fourth-order valence-corrected chi connectivity index (χ4v) is 5.43. The minimum Gasteiger partial charge on any atom is -0.383 e. The van der Waals surface area contributed by atoms with Crippen molar-refractivity contribution in [2.45, 2.75) is 30.6 Å². The van der Waals surface area contributed by atoms with E-state index >= 15 is 4.39 Å². The Kier molecular flexibility index (Phi) is 5.90. The smallest absolute Gasteiger partial charge is 0.164 e. The number of nitrogens with zero attached hydrogens (tertiary/aromatic N) is 5. The molecule has 0 aliphatic carbocycles. The summed E-state index contributed by atoms with van der Waals surface area (Å²) in [5, 5.41) is 12.3. The van der Waals surface area contributed by atoms with Crippen LogP contribution in [0.2, 0.25) is 0 Å². The fourth-order valence-electron chi connectivity index (χ4n) is 4.15. The van der Waals surface area contributed by atoms with Crippen LogP contribution in [0.15, 0.2) is 35.7 Å². The lowest BCUT2D eigenvalue weighted by Gasteiger charge is -2.41. The van der Waals surface area contributed by atoms with E-state index in [0.29, 0.717) is 29.6 Å². The van der Waals surface area contributed by atoms with E-state index in [1.807, 2.05) is 13.0 Å². The minimum absolute atomic E-state index is 0.0636. The zero-order valence-electron chi connectivity index (χ0n) is 18.2. The van der Waals surface area contributed by atoms with Crippen LogP contribution < -0.4 is 11.1 Å². The maximum atomic E-state index is 15.0. The first-order valence-electron chi connectivity index (χ1n) is 9.97. The predicted molar refractivity (Wildman–Crippen MR) is 123 cm³/mol. The Morgan fingerprint density at radius 1 is 1.24 bits per heavy atom. The normalized spacial score (nSPS) is 22.6. The average molecular weight is 470 g/mol. The molecule has 170 valence electrons. The monoisotopic (exact) mass is 469 g/mol. The van der Waals surface area contributed by atoms with E-state index in [1.54, 1.807) is 20.1 Å². The summed E-state index contributed by atoms with van der Waals surface area (Å²) in [6, 6.07) is 6.11. The number of methoxy groups -OCH3 is 1. The topological polar surface area (TPSA) is 122 Å². The van der Waals surface area contributed by atoms with E-state index in [1.165, 1.54) is 30.4 Å². The van der Waals surface area contributed by atoms with Crippen LogP contribution in [-0.4, -0.2) is 38.6 Å². The van der Waals surface area contributed by atoms with Gasteiger partial charge >= 0.3 is 0 Å². The number of aliphatic imine (C=N–C) groups is 1. The quantitative estimate of drug-likeness (QED) is 0.575. The predicted octanol–water partition coefficient (Wildman–Crippen LogP) is 3.99. The van der Waals surface area contributed by atoms with Crippen LogP contribution in [0.25, 0.3) is 11.0 Å². The second-order valence-electron chi connectivity index (χ2n) is 8.26. The van der Waals surface area contributed by atoms with Crippen LogP contribution in [0.4, 0.5) is 20.3 Å². The van der Waals surface area contributed by atoms with Crippen molar-refractivity contribution in [2.75, 3.05) is 19.0 Å². The first-order chi connectivity index (χ1) is 15.7. The number of amidine groups is 1. The molecule has 0 spiro atoms. The van der Waals surface area contributed by atoms with E-state index in [4.69, 9.17) is 15.7 Å². The molecule has 2 aromatic heterocycles. The molecular formula is C22H21F2N7OS. The molecule has 1 aliphatic rings. The van der Waals surface area contributed by atoms with Gasteiger partial charge in [0, 0.05) is 35.4 Å². The van der Waals surface area contributed by atoms with Crippen molar-refractivity contribution in [3.63, 3.8) is 0 Å². The van der Waals surface area contributed by atoms with E-state index in [-0.39, 0.29) is 22.2 Å². The molecule has 3 N–H and O–H groups in total. The van der Waals surface area contributed by atoms with Crippen molar-refractivity contribution in [2.24, 2.45) is 10.7 Å². The van der Waals surface area contributed by atoms with Gasteiger partial charge in [0.2, 0.25) is 0 Å². The molecule has 1 aromatic carbocycles. The van der Waals surface area contributed by atoms with Gasteiger partial charge in [0.25, 0.3) is 0 Å². The molecule has 0 fully saturated rings. The number of pyridine rings is 1. The second-order valence-corrected chi connectivity index (χ2v) is 9.86. The Morgan fingerprint density at radius 3 is 2.76 bits per heavy atom. The number of fused-ring (bicyclic) bond motifs is 1. The number of nitrogens with two attached hydrogens (primary N) is 1. The molecule has 0 saturated heterocycles. The number of hydrogen-bond acceptors (Lipinski definition) is 9. The number of benzene rings is 1. The Morgan fingerprint density at radius 2 is 2.03 bits per heavy atom. The van der Waals surface area contributed by atoms with Crippen molar-refractivity contribution in [3.05, 3.63) is 53.5 Å². The zero-order valence-corrected chi connectivity index (χ0v) is 19.0. The third-order valence-electron chi connectivity index (χ3n) is 5.35. The number of aromatic nitrogens is 3. The molecule has 0 saturated carbocycles. The van der Waals surface area contributed by atoms with E-state index in [0.717, 1.165) is 6.07 Å². The van der Waals surface area contributed by atoms with Gasteiger partial charge in [-0.15, -0.1) is 0 Å². The number of nitrogens with one attached hydrogen (secondary N) is 1. The number of thioether (sulfide) groups is 1. The van der Waals surface area contributed by atoms with E-state index < -0.39 is 21.9 Å². The van der Waals surface area contributed by atoms with Gasteiger partial charge in [0.05, 0.1) is 23.2 Å². The molecule has 4 rings (SSSR count). The van der Waals surface area contributed by atoms with Gasteiger partial charge in [0.15, 0.2) is 22.6 Å². The van der Waals surface area contributed by atoms with Crippen LogP contribution in [0, 0.1) is 23.0 Å². The molecule has 8 nitrogen and oxygen atoms in total. The lowest BCUT2D eigenvalue weighted by atomic mass is 9.83. The van der Waals surface area contributed by atoms with Crippen molar-refractivity contribution in [3.8, 4) is 6.07 Å². The lowest BCUT2D eigenvalue weighted by molar-refractivity contribution is 0.157. The van der Waals surface area contributed by atoms with Gasteiger partial charge in [-0.05, 0) is 32.4 Å². The van der Waals surface area contributed by atoms with Gasteiger partial charge in [0.1, 0.15) is 17.9 Å². The number of rotatable bonds is 5. The van der Waals surface area contributed by atoms with Crippen LogP contribution in [-0.2, 0) is 10.3 Å². The van der Waals surface area contributed by atoms with Crippen molar-refractivity contribution >= 4 is 39.5 Å². The van der Waals surface area contributed by atoms with E-state index in [9.17, 15) is 4.39 Å². The van der Waals surface area contributed by atoms with Crippen LogP contribution >= 0.6 is 11.8 Å². The second kappa shape index (κ2) is 8.53. The third kappa shape index (κ3) is 4.44. The number of anilines is 2.